The molecule has 0 saturated heterocycles. The lowest BCUT2D eigenvalue weighted by atomic mass is 9.89. The van der Waals surface area contributed by atoms with Gasteiger partial charge in [0.25, 0.3) is 0 Å². The van der Waals surface area contributed by atoms with Crippen LogP contribution in [0, 0.1) is 13.8 Å². The fourth-order valence-electron chi connectivity index (χ4n) is 4.30. The van der Waals surface area contributed by atoms with Crippen LogP contribution in [-0.4, -0.2) is 31.0 Å². The maximum Gasteiger partial charge on any atom is 0.150 e. The number of carbonyl (C=O) groups is 1. The van der Waals surface area contributed by atoms with Crippen LogP contribution < -0.4 is 10.1 Å². The van der Waals surface area contributed by atoms with Crippen molar-refractivity contribution in [1.29, 1.82) is 0 Å². The van der Waals surface area contributed by atoms with E-state index in [-0.39, 0.29) is 5.92 Å². The molecule has 0 amide bonds. The minimum atomic E-state index is 0.0871. The number of aromatic amines is 1. The quantitative estimate of drug-likeness (QED) is 0.292. The Kier molecular flexibility index (Phi) is 7.91. The standard InChI is InChI=1S/C27H36N2O2/c1-6-8-9-21-15-24(22(17-30)16-26(21)31-13-12-28-7-2)20(5)27-19(4)23-11-10-18(3)14-25(23)29-27/h10-11,14-17,20,28-29H,6-9,12-13H2,1-5H3. The first-order valence-electron chi connectivity index (χ1n) is 11.5. The van der Waals surface area contributed by atoms with Crippen LogP contribution in [0.25, 0.3) is 10.9 Å². The molecule has 4 nitrogen and oxygen atoms in total. The summed E-state index contributed by atoms with van der Waals surface area (Å²) in [6.45, 7) is 13.1. The van der Waals surface area contributed by atoms with Crippen molar-refractivity contribution in [2.24, 2.45) is 0 Å². The van der Waals surface area contributed by atoms with Gasteiger partial charge in [0.15, 0.2) is 0 Å². The van der Waals surface area contributed by atoms with Crippen molar-refractivity contribution in [3.63, 3.8) is 0 Å². The summed E-state index contributed by atoms with van der Waals surface area (Å²) in [6.07, 6.45) is 4.14. The summed E-state index contributed by atoms with van der Waals surface area (Å²) in [5.74, 6) is 0.928. The number of aromatic nitrogens is 1. The summed E-state index contributed by atoms with van der Waals surface area (Å²) in [7, 11) is 0. The van der Waals surface area contributed by atoms with Gasteiger partial charge in [0.05, 0.1) is 0 Å². The molecule has 0 aliphatic carbocycles. The van der Waals surface area contributed by atoms with Crippen LogP contribution in [0.15, 0.2) is 30.3 Å². The van der Waals surface area contributed by atoms with Crippen molar-refractivity contribution in [2.45, 2.75) is 59.8 Å². The number of aldehydes is 1. The number of carbonyl (C=O) groups excluding carboxylic acids is 1. The van der Waals surface area contributed by atoms with Crippen molar-refractivity contribution in [3.8, 4) is 5.75 Å². The van der Waals surface area contributed by atoms with Crippen LogP contribution in [0.1, 0.15) is 77.8 Å². The molecule has 4 heteroatoms. The number of nitrogens with one attached hydrogen (secondary N) is 2. The number of rotatable bonds is 11. The number of benzene rings is 2. The Hall–Kier alpha value is -2.59. The van der Waals surface area contributed by atoms with Gasteiger partial charge in [-0.2, -0.15) is 0 Å². The monoisotopic (exact) mass is 420 g/mol. The molecular formula is C27H36N2O2. The van der Waals surface area contributed by atoms with Crippen LogP contribution in [0.3, 0.4) is 0 Å². The molecule has 0 spiro atoms. The minimum Gasteiger partial charge on any atom is -0.492 e. The van der Waals surface area contributed by atoms with Crippen LogP contribution in [0.4, 0.5) is 0 Å². The number of aryl methyl sites for hydroxylation is 3. The Morgan fingerprint density at radius 3 is 2.68 bits per heavy atom. The first-order valence-corrected chi connectivity index (χ1v) is 11.5. The average Bonchev–Trinajstić information content (AvgIpc) is 3.10. The predicted octanol–water partition coefficient (Wildman–Crippen LogP) is 6.08. The lowest BCUT2D eigenvalue weighted by Gasteiger charge is -2.19. The van der Waals surface area contributed by atoms with E-state index >= 15 is 0 Å². The highest BCUT2D eigenvalue weighted by molar-refractivity contribution is 5.86. The predicted molar refractivity (Wildman–Crippen MR) is 130 cm³/mol. The molecule has 1 unspecified atom stereocenters. The Balaban J connectivity index is 2.00. The van der Waals surface area contributed by atoms with Gasteiger partial charge in [0.2, 0.25) is 0 Å². The number of unbranched alkanes of at least 4 members (excludes halogenated alkanes) is 1. The maximum absolute atomic E-state index is 12.0. The molecule has 0 aliphatic rings. The summed E-state index contributed by atoms with van der Waals surface area (Å²) < 4.78 is 6.07. The number of ether oxygens (including phenoxy) is 1. The lowest BCUT2D eigenvalue weighted by molar-refractivity contribution is 0.112. The summed E-state index contributed by atoms with van der Waals surface area (Å²) in [5.41, 5.74) is 7.78. The van der Waals surface area contributed by atoms with Gasteiger partial charge in [-0.25, -0.2) is 0 Å². The average molecular weight is 421 g/mol. The number of fused-ring (bicyclic) bond motifs is 1. The number of likely N-dealkylation sites (N-methyl/N-ethyl adjacent to an activating group) is 1. The van der Waals surface area contributed by atoms with Crippen molar-refractivity contribution in [3.05, 3.63) is 63.8 Å². The Morgan fingerprint density at radius 2 is 1.97 bits per heavy atom. The van der Waals surface area contributed by atoms with Gasteiger partial charge < -0.3 is 15.0 Å². The molecule has 0 fully saturated rings. The summed E-state index contributed by atoms with van der Waals surface area (Å²) in [5, 5.41) is 4.53. The van der Waals surface area contributed by atoms with Crippen molar-refractivity contribution < 1.29 is 9.53 Å². The Labute approximate surface area is 186 Å². The van der Waals surface area contributed by atoms with E-state index < -0.39 is 0 Å². The maximum atomic E-state index is 12.0. The molecule has 0 saturated carbocycles. The second-order valence-electron chi connectivity index (χ2n) is 8.45. The van der Waals surface area contributed by atoms with E-state index in [1.807, 2.05) is 6.07 Å². The van der Waals surface area contributed by atoms with Crippen LogP contribution >= 0.6 is 0 Å². The zero-order chi connectivity index (χ0) is 22.4. The van der Waals surface area contributed by atoms with Gasteiger partial charge in [-0.15, -0.1) is 0 Å². The van der Waals surface area contributed by atoms with Crippen molar-refractivity contribution >= 4 is 17.2 Å². The second kappa shape index (κ2) is 10.6. The van der Waals surface area contributed by atoms with Crippen LogP contribution in [-0.2, 0) is 6.42 Å². The molecule has 3 rings (SSSR count). The highest BCUT2D eigenvalue weighted by atomic mass is 16.5. The third-order valence-electron chi connectivity index (χ3n) is 6.13. The third kappa shape index (κ3) is 5.19. The molecule has 3 aromatic rings. The molecule has 1 heterocycles. The van der Waals surface area contributed by atoms with E-state index in [9.17, 15) is 4.79 Å². The molecule has 1 aromatic heterocycles. The summed E-state index contributed by atoms with van der Waals surface area (Å²) in [6, 6.07) is 10.7. The highest BCUT2D eigenvalue weighted by Gasteiger charge is 2.21. The van der Waals surface area contributed by atoms with E-state index in [1.165, 1.54) is 27.8 Å². The molecule has 0 bridgehead atoms. The molecule has 31 heavy (non-hydrogen) atoms. The van der Waals surface area contributed by atoms with Crippen LogP contribution in [0.5, 0.6) is 5.75 Å². The SMILES string of the molecule is CCCCc1cc(C(C)c2[nH]c3cc(C)ccc3c2C)c(C=O)cc1OCCNCC. The lowest BCUT2D eigenvalue weighted by Crippen LogP contribution is -2.20. The molecule has 2 N–H and O–H groups in total. The van der Waals surface area contributed by atoms with Gasteiger partial charge in [0, 0.05) is 34.6 Å². The molecule has 0 aliphatic heterocycles. The van der Waals surface area contributed by atoms with Crippen molar-refractivity contribution in [1.82, 2.24) is 10.3 Å². The summed E-state index contributed by atoms with van der Waals surface area (Å²) in [4.78, 5) is 15.7. The summed E-state index contributed by atoms with van der Waals surface area (Å²) >= 11 is 0. The highest BCUT2D eigenvalue weighted by Crippen LogP contribution is 2.35. The Morgan fingerprint density at radius 1 is 1.16 bits per heavy atom. The molecule has 166 valence electrons. The van der Waals surface area contributed by atoms with E-state index in [4.69, 9.17) is 4.74 Å². The third-order valence-corrected chi connectivity index (χ3v) is 6.13. The van der Waals surface area contributed by atoms with Gasteiger partial charge >= 0.3 is 0 Å². The largest absolute Gasteiger partial charge is 0.492 e. The second-order valence-corrected chi connectivity index (χ2v) is 8.45. The molecule has 1 atom stereocenters. The zero-order valence-corrected chi connectivity index (χ0v) is 19.6. The fraction of sp³-hybridized carbons (Fsp3) is 0.444. The fourth-order valence-corrected chi connectivity index (χ4v) is 4.30. The van der Waals surface area contributed by atoms with Gasteiger partial charge in [-0.3, -0.25) is 4.79 Å². The number of H-pyrrole nitrogens is 1. The molecule has 2 aromatic carbocycles. The molecular weight excluding hydrogens is 384 g/mol. The van der Waals surface area contributed by atoms with Gasteiger partial charge in [-0.05, 0) is 67.6 Å². The minimum absolute atomic E-state index is 0.0871. The number of hydrogen-bond donors (Lipinski definition) is 2. The van der Waals surface area contributed by atoms with Crippen LogP contribution in [0.2, 0.25) is 0 Å². The Bertz CT molecular complexity index is 1040. The van der Waals surface area contributed by atoms with E-state index in [0.29, 0.717) is 12.2 Å². The van der Waals surface area contributed by atoms with E-state index in [1.54, 1.807) is 0 Å². The zero-order valence-electron chi connectivity index (χ0n) is 19.6. The smallest absolute Gasteiger partial charge is 0.150 e. The normalized spacial score (nSPS) is 12.3. The van der Waals surface area contributed by atoms with E-state index in [0.717, 1.165) is 55.5 Å². The van der Waals surface area contributed by atoms with Gasteiger partial charge in [0.1, 0.15) is 18.6 Å². The van der Waals surface area contributed by atoms with Gasteiger partial charge in [-0.1, -0.05) is 45.4 Å². The van der Waals surface area contributed by atoms with E-state index in [2.05, 4.69) is 69.2 Å². The first kappa shape index (κ1) is 23.1. The first-order chi connectivity index (χ1) is 15.0. The number of hydrogen-bond acceptors (Lipinski definition) is 3. The van der Waals surface area contributed by atoms with Crippen molar-refractivity contribution in [2.75, 3.05) is 19.7 Å². The molecule has 0 radical (unpaired) electrons. The topological polar surface area (TPSA) is 54.1 Å².